The van der Waals surface area contributed by atoms with Crippen molar-refractivity contribution < 1.29 is 13.2 Å². The molecule has 1 aromatic heterocycles. The van der Waals surface area contributed by atoms with Crippen LogP contribution in [0, 0.1) is 17.5 Å². The van der Waals surface area contributed by atoms with Crippen molar-refractivity contribution in [3.8, 4) is 0 Å². The molecular formula is C13H11F3N4. The van der Waals surface area contributed by atoms with E-state index in [1.807, 2.05) is 0 Å². The summed E-state index contributed by atoms with van der Waals surface area (Å²) < 4.78 is 39.5. The Bertz CT molecular complexity index is 644. The van der Waals surface area contributed by atoms with Crippen molar-refractivity contribution >= 4 is 17.5 Å². The van der Waals surface area contributed by atoms with E-state index in [2.05, 4.69) is 20.6 Å². The summed E-state index contributed by atoms with van der Waals surface area (Å²) in [6.45, 7) is 0. The molecule has 1 aliphatic rings. The number of nitrogens with one attached hydrogen (secondary N) is 2. The van der Waals surface area contributed by atoms with E-state index in [-0.39, 0.29) is 11.6 Å². The van der Waals surface area contributed by atoms with E-state index < -0.39 is 17.5 Å². The van der Waals surface area contributed by atoms with Crippen LogP contribution < -0.4 is 10.6 Å². The third kappa shape index (κ3) is 2.66. The van der Waals surface area contributed by atoms with E-state index in [4.69, 9.17) is 0 Å². The monoisotopic (exact) mass is 280 g/mol. The summed E-state index contributed by atoms with van der Waals surface area (Å²) in [7, 11) is 0. The Kier molecular flexibility index (Phi) is 3.17. The standard InChI is InChI=1S/C13H11F3N4/c14-8-3-4-9(12(16)11(8)15)19-13-17-6-5-10(20-13)18-7-1-2-7/h3-7H,1-2H2,(H2,17,18,19,20). The Balaban J connectivity index is 1.81. The minimum absolute atomic E-state index is 0.112. The number of aromatic nitrogens is 2. The molecule has 104 valence electrons. The first-order valence-corrected chi connectivity index (χ1v) is 6.13. The predicted molar refractivity (Wildman–Crippen MR) is 68.3 cm³/mol. The molecule has 0 amide bonds. The van der Waals surface area contributed by atoms with Crippen LogP contribution >= 0.6 is 0 Å². The zero-order chi connectivity index (χ0) is 14.1. The number of rotatable bonds is 4. The first-order chi connectivity index (χ1) is 9.63. The molecule has 0 spiro atoms. The Morgan fingerprint density at radius 2 is 1.85 bits per heavy atom. The summed E-state index contributed by atoms with van der Waals surface area (Å²) in [5, 5.41) is 5.69. The van der Waals surface area contributed by atoms with Crippen molar-refractivity contribution in [3.63, 3.8) is 0 Å². The number of benzene rings is 1. The molecule has 0 radical (unpaired) electrons. The Morgan fingerprint density at radius 1 is 1.05 bits per heavy atom. The quantitative estimate of drug-likeness (QED) is 0.844. The van der Waals surface area contributed by atoms with Crippen LogP contribution in [0.3, 0.4) is 0 Å². The summed E-state index contributed by atoms with van der Waals surface area (Å²) in [5.74, 6) is -3.34. The lowest BCUT2D eigenvalue weighted by Crippen LogP contribution is -2.06. The number of hydrogen-bond acceptors (Lipinski definition) is 4. The Morgan fingerprint density at radius 3 is 2.60 bits per heavy atom. The molecule has 1 aromatic carbocycles. The Labute approximate surface area is 113 Å². The molecule has 0 unspecified atom stereocenters. The fourth-order valence-electron chi connectivity index (χ4n) is 1.68. The molecule has 2 aromatic rings. The molecule has 0 bridgehead atoms. The molecule has 0 aliphatic heterocycles. The van der Waals surface area contributed by atoms with Gasteiger partial charge in [0.25, 0.3) is 0 Å². The Hall–Kier alpha value is -2.31. The van der Waals surface area contributed by atoms with Gasteiger partial charge in [-0.3, -0.25) is 0 Å². The van der Waals surface area contributed by atoms with Gasteiger partial charge in [-0.25, -0.2) is 18.2 Å². The molecule has 1 heterocycles. The van der Waals surface area contributed by atoms with Gasteiger partial charge >= 0.3 is 0 Å². The lowest BCUT2D eigenvalue weighted by Gasteiger charge is -2.08. The van der Waals surface area contributed by atoms with Crippen molar-refractivity contribution in [2.75, 3.05) is 10.6 Å². The van der Waals surface area contributed by atoms with Crippen molar-refractivity contribution in [1.29, 1.82) is 0 Å². The highest BCUT2D eigenvalue weighted by Crippen LogP contribution is 2.25. The van der Waals surface area contributed by atoms with Gasteiger partial charge < -0.3 is 10.6 Å². The molecule has 1 fully saturated rings. The average molecular weight is 280 g/mol. The average Bonchev–Trinajstić information content (AvgIpc) is 3.24. The second-order valence-electron chi connectivity index (χ2n) is 4.53. The van der Waals surface area contributed by atoms with Crippen LogP contribution in [0.4, 0.5) is 30.6 Å². The highest BCUT2D eigenvalue weighted by atomic mass is 19.2. The smallest absolute Gasteiger partial charge is 0.229 e. The fourth-order valence-corrected chi connectivity index (χ4v) is 1.68. The third-order valence-electron chi connectivity index (χ3n) is 2.87. The summed E-state index contributed by atoms with van der Waals surface area (Å²) in [6, 6.07) is 4.04. The molecule has 4 nitrogen and oxygen atoms in total. The highest BCUT2D eigenvalue weighted by Gasteiger charge is 2.21. The lowest BCUT2D eigenvalue weighted by atomic mass is 10.3. The SMILES string of the molecule is Fc1ccc(Nc2nccc(NC3CC3)n2)c(F)c1F. The minimum atomic E-state index is -1.53. The van der Waals surface area contributed by atoms with Crippen LogP contribution in [0.1, 0.15) is 12.8 Å². The third-order valence-corrected chi connectivity index (χ3v) is 2.87. The summed E-state index contributed by atoms with van der Waals surface area (Å²) in [6.07, 6.45) is 3.67. The zero-order valence-corrected chi connectivity index (χ0v) is 10.3. The number of anilines is 3. The highest BCUT2D eigenvalue weighted by molar-refractivity contribution is 5.55. The van der Waals surface area contributed by atoms with Crippen LogP contribution in [-0.4, -0.2) is 16.0 Å². The van der Waals surface area contributed by atoms with E-state index in [1.165, 1.54) is 6.20 Å². The van der Waals surface area contributed by atoms with Gasteiger partial charge in [-0.2, -0.15) is 4.98 Å². The van der Waals surface area contributed by atoms with Crippen LogP contribution in [0.25, 0.3) is 0 Å². The van der Waals surface area contributed by atoms with Gasteiger partial charge in [-0.15, -0.1) is 0 Å². The van der Waals surface area contributed by atoms with Crippen LogP contribution in [0.5, 0.6) is 0 Å². The van der Waals surface area contributed by atoms with Crippen LogP contribution in [0.2, 0.25) is 0 Å². The maximum atomic E-state index is 13.5. The molecule has 0 saturated heterocycles. The molecule has 7 heteroatoms. The van der Waals surface area contributed by atoms with Crippen LogP contribution in [-0.2, 0) is 0 Å². The number of nitrogens with zero attached hydrogens (tertiary/aromatic N) is 2. The lowest BCUT2D eigenvalue weighted by molar-refractivity contribution is 0.449. The van der Waals surface area contributed by atoms with Gasteiger partial charge in [0, 0.05) is 12.2 Å². The van der Waals surface area contributed by atoms with E-state index in [1.54, 1.807) is 6.07 Å². The second-order valence-corrected chi connectivity index (χ2v) is 4.53. The van der Waals surface area contributed by atoms with Crippen LogP contribution in [0.15, 0.2) is 24.4 Å². The summed E-state index contributed by atoms with van der Waals surface area (Å²) in [5.41, 5.74) is -0.215. The van der Waals surface area contributed by atoms with Gasteiger partial charge in [0.05, 0.1) is 5.69 Å². The summed E-state index contributed by atoms with van der Waals surface area (Å²) in [4.78, 5) is 8.04. The first kappa shape index (κ1) is 12.7. The molecular weight excluding hydrogens is 269 g/mol. The number of hydrogen-bond donors (Lipinski definition) is 2. The molecule has 20 heavy (non-hydrogen) atoms. The molecule has 3 rings (SSSR count). The van der Waals surface area contributed by atoms with E-state index >= 15 is 0 Å². The van der Waals surface area contributed by atoms with Gasteiger partial charge in [0.2, 0.25) is 5.95 Å². The number of halogens is 3. The first-order valence-electron chi connectivity index (χ1n) is 6.13. The van der Waals surface area contributed by atoms with E-state index in [9.17, 15) is 13.2 Å². The minimum Gasteiger partial charge on any atom is -0.367 e. The fraction of sp³-hybridized carbons (Fsp3) is 0.231. The predicted octanol–water partition coefficient (Wildman–Crippen LogP) is 3.21. The van der Waals surface area contributed by atoms with E-state index in [0.29, 0.717) is 11.9 Å². The van der Waals surface area contributed by atoms with Gasteiger partial charge in [0.1, 0.15) is 5.82 Å². The normalized spacial score (nSPS) is 14.2. The molecule has 2 N–H and O–H groups in total. The van der Waals surface area contributed by atoms with Gasteiger partial charge in [-0.05, 0) is 31.0 Å². The van der Waals surface area contributed by atoms with Crippen molar-refractivity contribution in [1.82, 2.24) is 9.97 Å². The molecule has 1 aliphatic carbocycles. The van der Waals surface area contributed by atoms with Crippen molar-refractivity contribution in [2.45, 2.75) is 18.9 Å². The van der Waals surface area contributed by atoms with Crippen molar-refractivity contribution in [2.24, 2.45) is 0 Å². The van der Waals surface area contributed by atoms with Gasteiger partial charge in [-0.1, -0.05) is 0 Å². The van der Waals surface area contributed by atoms with Gasteiger partial charge in [0.15, 0.2) is 17.5 Å². The molecule has 0 atom stereocenters. The summed E-state index contributed by atoms with van der Waals surface area (Å²) >= 11 is 0. The largest absolute Gasteiger partial charge is 0.367 e. The molecule has 1 saturated carbocycles. The topological polar surface area (TPSA) is 49.8 Å². The zero-order valence-electron chi connectivity index (χ0n) is 10.3. The second kappa shape index (κ2) is 4.99. The van der Waals surface area contributed by atoms with Crippen molar-refractivity contribution in [3.05, 3.63) is 41.8 Å². The maximum Gasteiger partial charge on any atom is 0.229 e. The van der Waals surface area contributed by atoms with E-state index in [0.717, 1.165) is 25.0 Å². The maximum absolute atomic E-state index is 13.5.